The molecule has 0 aromatic heterocycles. The quantitative estimate of drug-likeness (QED) is 0.0876. The lowest BCUT2D eigenvalue weighted by molar-refractivity contribution is 1.53. The fourth-order valence-corrected chi connectivity index (χ4v) is 10.7. The summed E-state index contributed by atoms with van der Waals surface area (Å²) in [4.78, 5) is 0. The van der Waals surface area contributed by atoms with Crippen LogP contribution >= 0.6 is 0 Å². The van der Waals surface area contributed by atoms with Gasteiger partial charge in [0.1, 0.15) is 0 Å². The van der Waals surface area contributed by atoms with Gasteiger partial charge in [0.25, 0.3) is 0 Å². The fraction of sp³-hybridized carbons (Fsp3) is 0. The van der Waals surface area contributed by atoms with Gasteiger partial charge in [-0.2, -0.15) is 0 Å². The van der Waals surface area contributed by atoms with Gasteiger partial charge in [-0.05, 0) is 175 Å². The normalized spacial score (nSPS) is 10.4. The number of fused-ring (bicyclic) bond motifs is 1. The predicted octanol–water partition coefficient (Wildman–Crippen LogP) is 24.9. The monoisotopic (exact) mass is 1180 g/mol. The summed E-state index contributed by atoms with van der Waals surface area (Å²) in [6.45, 7) is 0. The predicted molar refractivity (Wildman–Crippen MR) is 395 cm³/mol. The molecule has 0 heterocycles. The number of nitrogens with one attached hydrogen (secondary N) is 4. The van der Waals surface area contributed by atoms with Crippen LogP contribution in [-0.4, -0.2) is 0 Å². The van der Waals surface area contributed by atoms with Crippen molar-refractivity contribution in [2.24, 2.45) is 0 Å². The van der Waals surface area contributed by atoms with Crippen LogP contribution < -0.4 is 21.3 Å². The largest absolute Gasteiger partial charge is 0.356 e. The standard InChI is InChI=1S/2C24H19N.C22H17N.C18H15N/c1-3-8-19(9-4-1)21-14-16-23(17-15-21)25-24-13-7-12-22(18-24)20-10-5-2-6-11-20;1-3-7-19(8-4-1)21-11-15-23(16-12-21)25-24-17-13-22(14-18-24)20-9-5-2-6-10-20;1-2-6-17(7-3-1)19-10-13-21(14-11-19)23-22-15-12-18-8-4-5-9-20(18)16-22;1-3-7-15(8-4-1)16-11-13-18(14-12-16)19-17-9-5-2-6-10-17/h2*1-18,25H;1-16,23H;1-14,19H. The van der Waals surface area contributed by atoms with Crippen molar-refractivity contribution in [3.05, 3.63) is 400 Å². The zero-order chi connectivity index (χ0) is 62.2. The Balaban J connectivity index is 0.000000119. The fourth-order valence-electron chi connectivity index (χ4n) is 10.7. The van der Waals surface area contributed by atoms with E-state index in [1.165, 1.54) is 77.5 Å². The minimum Gasteiger partial charge on any atom is -0.356 e. The van der Waals surface area contributed by atoms with Crippen molar-refractivity contribution >= 4 is 56.3 Å². The Kier molecular flexibility index (Phi) is 20.3. The van der Waals surface area contributed by atoms with E-state index < -0.39 is 0 Å². The van der Waals surface area contributed by atoms with Gasteiger partial charge >= 0.3 is 0 Å². The third kappa shape index (κ3) is 17.1. The Morgan fingerprint density at radius 1 is 0.109 bits per heavy atom. The summed E-state index contributed by atoms with van der Waals surface area (Å²) in [6, 6.07) is 139. The number of rotatable bonds is 14. The van der Waals surface area contributed by atoms with E-state index in [2.05, 4.69) is 367 Å². The summed E-state index contributed by atoms with van der Waals surface area (Å²) >= 11 is 0. The van der Waals surface area contributed by atoms with E-state index in [1.54, 1.807) is 0 Å². The molecule has 4 heteroatoms. The molecule has 4 N–H and O–H groups in total. The smallest absolute Gasteiger partial charge is 0.0390 e. The molecule has 0 bridgehead atoms. The average molecular weight is 1180 g/mol. The second-order valence-electron chi connectivity index (χ2n) is 22.1. The minimum atomic E-state index is 1.09. The Hall–Kier alpha value is -12.2. The van der Waals surface area contributed by atoms with Crippen LogP contribution in [0, 0.1) is 0 Å². The van der Waals surface area contributed by atoms with Gasteiger partial charge in [-0.15, -0.1) is 0 Å². The van der Waals surface area contributed by atoms with Gasteiger partial charge in [-0.1, -0.05) is 303 Å². The Morgan fingerprint density at radius 3 is 0.620 bits per heavy atom. The van der Waals surface area contributed by atoms with Gasteiger partial charge < -0.3 is 21.3 Å². The minimum absolute atomic E-state index is 1.09. The molecule has 0 aliphatic heterocycles. The van der Waals surface area contributed by atoms with Crippen molar-refractivity contribution in [2.75, 3.05) is 21.3 Å². The van der Waals surface area contributed by atoms with E-state index in [1.807, 2.05) is 54.6 Å². The molecule has 0 aliphatic carbocycles. The van der Waals surface area contributed by atoms with Crippen LogP contribution in [-0.2, 0) is 0 Å². The summed E-state index contributed by atoms with van der Waals surface area (Å²) in [5, 5.41) is 16.3. The molecular formula is C88H70N4. The van der Waals surface area contributed by atoms with Gasteiger partial charge in [0.2, 0.25) is 0 Å². The van der Waals surface area contributed by atoms with E-state index in [4.69, 9.17) is 0 Å². The van der Waals surface area contributed by atoms with Crippen LogP contribution in [0.1, 0.15) is 0 Å². The highest BCUT2D eigenvalue weighted by Gasteiger charge is 2.05. The second kappa shape index (κ2) is 31.1. The molecule has 0 saturated heterocycles. The van der Waals surface area contributed by atoms with E-state index in [0.717, 1.165) is 45.5 Å². The molecule has 0 spiro atoms. The molecular weight excluding hydrogens is 1110 g/mol. The first-order chi connectivity index (χ1) is 45.6. The van der Waals surface area contributed by atoms with Crippen LogP contribution in [0.25, 0.3) is 77.5 Å². The molecule has 0 saturated carbocycles. The van der Waals surface area contributed by atoms with Gasteiger partial charge in [0.15, 0.2) is 0 Å². The first-order valence-electron chi connectivity index (χ1n) is 31.1. The summed E-state index contributed by atoms with van der Waals surface area (Å²) in [5.74, 6) is 0. The van der Waals surface area contributed by atoms with Gasteiger partial charge in [-0.3, -0.25) is 0 Å². The highest BCUT2D eigenvalue weighted by Crippen LogP contribution is 2.31. The van der Waals surface area contributed by atoms with Crippen LogP contribution in [0.4, 0.5) is 45.5 Å². The molecule has 15 rings (SSSR count). The van der Waals surface area contributed by atoms with Crippen LogP contribution in [0.15, 0.2) is 400 Å². The van der Waals surface area contributed by atoms with Gasteiger partial charge in [-0.25, -0.2) is 0 Å². The number of hydrogen-bond acceptors (Lipinski definition) is 4. The molecule has 0 aliphatic rings. The molecule has 0 amide bonds. The first kappa shape index (κ1) is 60.1. The summed E-state index contributed by atoms with van der Waals surface area (Å²) in [5.41, 5.74) is 23.6. The lowest BCUT2D eigenvalue weighted by Crippen LogP contribution is -1.90. The van der Waals surface area contributed by atoms with Crippen LogP contribution in [0.2, 0.25) is 0 Å². The molecule has 15 aromatic carbocycles. The number of benzene rings is 15. The molecule has 0 unspecified atom stereocenters. The highest BCUT2D eigenvalue weighted by molar-refractivity contribution is 5.87. The maximum atomic E-state index is 3.49. The molecule has 0 atom stereocenters. The highest BCUT2D eigenvalue weighted by atomic mass is 14.9. The van der Waals surface area contributed by atoms with Crippen molar-refractivity contribution in [1.82, 2.24) is 0 Å². The summed E-state index contributed by atoms with van der Waals surface area (Å²) < 4.78 is 0. The van der Waals surface area contributed by atoms with Crippen molar-refractivity contribution in [1.29, 1.82) is 0 Å². The molecule has 15 aromatic rings. The van der Waals surface area contributed by atoms with Crippen LogP contribution in [0.3, 0.4) is 0 Å². The molecule has 92 heavy (non-hydrogen) atoms. The van der Waals surface area contributed by atoms with Gasteiger partial charge in [0.05, 0.1) is 0 Å². The number of hydrogen-bond donors (Lipinski definition) is 4. The van der Waals surface area contributed by atoms with Crippen molar-refractivity contribution < 1.29 is 0 Å². The van der Waals surface area contributed by atoms with Gasteiger partial charge in [0, 0.05) is 45.5 Å². The Morgan fingerprint density at radius 2 is 0.304 bits per heavy atom. The van der Waals surface area contributed by atoms with Crippen molar-refractivity contribution in [2.45, 2.75) is 0 Å². The van der Waals surface area contributed by atoms with Crippen molar-refractivity contribution in [3.8, 4) is 66.8 Å². The third-order valence-electron chi connectivity index (χ3n) is 15.6. The number of anilines is 8. The first-order valence-corrected chi connectivity index (χ1v) is 31.1. The SMILES string of the molecule is c1ccc(-c2ccc(Nc3ccc(-c4ccccc4)cc3)cc2)cc1.c1ccc(-c2ccc(Nc3ccc4ccccc4c3)cc2)cc1.c1ccc(-c2ccc(Nc3cccc(-c4ccccc4)c3)cc2)cc1.c1ccc(Nc2ccc(-c3ccccc3)cc2)cc1. The maximum absolute atomic E-state index is 3.49. The summed E-state index contributed by atoms with van der Waals surface area (Å²) in [6.07, 6.45) is 0. The van der Waals surface area contributed by atoms with Crippen LogP contribution in [0.5, 0.6) is 0 Å². The Labute approximate surface area is 541 Å². The third-order valence-corrected chi connectivity index (χ3v) is 15.6. The number of para-hydroxylation sites is 1. The molecule has 0 fully saturated rings. The topological polar surface area (TPSA) is 48.1 Å². The molecule has 4 nitrogen and oxygen atoms in total. The van der Waals surface area contributed by atoms with E-state index in [9.17, 15) is 0 Å². The van der Waals surface area contributed by atoms with E-state index in [0.29, 0.717) is 0 Å². The molecule has 442 valence electrons. The zero-order valence-electron chi connectivity index (χ0n) is 51.1. The molecule has 0 radical (unpaired) electrons. The van der Waals surface area contributed by atoms with Crippen molar-refractivity contribution in [3.63, 3.8) is 0 Å². The Bertz CT molecular complexity index is 4550. The van der Waals surface area contributed by atoms with E-state index in [-0.39, 0.29) is 0 Å². The zero-order valence-corrected chi connectivity index (χ0v) is 51.1. The lowest BCUT2D eigenvalue weighted by Gasteiger charge is -2.10. The second-order valence-corrected chi connectivity index (χ2v) is 22.1. The van der Waals surface area contributed by atoms with E-state index >= 15 is 0 Å². The maximum Gasteiger partial charge on any atom is 0.0390 e. The average Bonchev–Trinajstić information content (AvgIpc) is 3.35. The lowest BCUT2D eigenvalue weighted by atomic mass is 10.0. The summed E-state index contributed by atoms with van der Waals surface area (Å²) in [7, 11) is 0.